The highest BCUT2D eigenvalue weighted by Crippen LogP contribution is 2.37. The predicted molar refractivity (Wildman–Crippen MR) is 52.8 cm³/mol. The SMILES string of the molecule is COc1ccc2c(c1)S(=O)C[N+]2([O-])[O-]. The van der Waals surface area contributed by atoms with E-state index in [-0.39, 0.29) is 10.6 Å². The second-order valence-electron chi connectivity index (χ2n) is 2.98. The van der Waals surface area contributed by atoms with Gasteiger partial charge < -0.3 is 20.0 Å². The van der Waals surface area contributed by atoms with Crippen molar-refractivity contribution in [2.75, 3.05) is 13.0 Å². The molecular formula is C8H8NO4S-. The molecule has 2 rings (SSSR count). The van der Waals surface area contributed by atoms with Crippen molar-refractivity contribution in [2.45, 2.75) is 4.90 Å². The Bertz CT molecular complexity index is 404. The third kappa shape index (κ3) is 1.32. The molecule has 0 saturated heterocycles. The van der Waals surface area contributed by atoms with Gasteiger partial charge in [0.15, 0.2) is 5.88 Å². The van der Waals surface area contributed by atoms with Crippen LogP contribution in [0.4, 0.5) is 5.69 Å². The molecular weight excluding hydrogens is 206 g/mol. The van der Waals surface area contributed by atoms with Crippen LogP contribution in [0.2, 0.25) is 0 Å². The zero-order valence-electron chi connectivity index (χ0n) is 7.43. The minimum absolute atomic E-state index is 0.0177. The van der Waals surface area contributed by atoms with E-state index in [0.717, 1.165) is 0 Å². The van der Waals surface area contributed by atoms with Crippen molar-refractivity contribution in [1.29, 1.82) is 0 Å². The maximum absolute atomic E-state index is 11.4. The molecule has 1 atom stereocenters. The molecule has 1 heterocycles. The largest absolute Gasteiger partial charge is 0.625 e. The van der Waals surface area contributed by atoms with E-state index in [2.05, 4.69) is 0 Å². The normalized spacial score (nSPS) is 23.2. The molecule has 0 bridgehead atoms. The van der Waals surface area contributed by atoms with Gasteiger partial charge in [0.25, 0.3) is 0 Å². The van der Waals surface area contributed by atoms with Gasteiger partial charge in [-0.3, -0.25) is 0 Å². The number of rotatable bonds is 1. The Kier molecular flexibility index (Phi) is 2.07. The van der Waals surface area contributed by atoms with E-state index in [1.54, 1.807) is 0 Å². The Morgan fingerprint density at radius 1 is 1.50 bits per heavy atom. The highest BCUT2D eigenvalue weighted by molar-refractivity contribution is 7.85. The van der Waals surface area contributed by atoms with Crippen molar-refractivity contribution in [3.8, 4) is 5.75 Å². The van der Waals surface area contributed by atoms with Crippen LogP contribution in [-0.2, 0) is 10.8 Å². The van der Waals surface area contributed by atoms with Gasteiger partial charge in [-0.15, -0.1) is 0 Å². The number of hydrogen-bond donors (Lipinski definition) is 0. The van der Waals surface area contributed by atoms with Crippen molar-refractivity contribution in [2.24, 2.45) is 0 Å². The minimum Gasteiger partial charge on any atom is -0.625 e. The lowest BCUT2D eigenvalue weighted by Gasteiger charge is -2.41. The highest BCUT2D eigenvalue weighted by atomic mass is 32.2. The van der Waals surface area contributed by atoms with Gasteiger partial charge >= 0.3 is 0 Å². The van der Waals surface area contributed by atoms with Crippen LogP contribution in [0.5, 0.6) is 5.75 Å². The van der Waals surface area contributed by atoms with Gasteiger partial charge in [-0.25, -0.2) is 4.21 Å². The molecule has 5 nitrogen and oxygen atoms in total. The number of nitrogens with zero attached hydrogens (tertiary/aromatic N) is 1. The van der Waals surface area contributed by atoms with Gasteiger partial charge in [-0.05, 0) is 6.07 Å². The van der Waals surface area contributed by atoms with Crippen LogP contribution in [0, 0.1) is 10.4 Å². The molecule has 0 spiro atoms. The number of methoxy groups -OCH3 is 1. The summed E-state index contributed by atoms with van der Waals surface area (Å²) in [6.45, 7) is 0. The summed E-state index contributed by atoms with van der Waals surface area (Å²) >= 11 is 0. The van der Waals surface area contributed by atoms with Crippen molar-refractivity contribution >= 4 is 16.5 Å². The zero-order chi connectivity index (χ0) is 10.3. The van der Waals surface area contributed by atoms with Crippen molar-refractivity contribution in [3.63, 3.8) is 0 Å². The fourth-order valence-corrected chi connectivity index (χ4v) is 2.65. The highest BCUT2D eigenvalue weighted by Gasteiger charge is 2.30. The Morgan fingerprint density at radius 2 is 2.21 bits per heavy atom. The van der Waals surface area contributed by atoms with E-state index in [9.17, 15) is 14.6 Å². The van der Waals surface area contributed by atoms with Gasteiger partial charge in [-0.2, -0.15) is 0 Å². The smallest absolute Gasteiger partial charge is 0.163 e. The van der Waals surface area contributed by atoms with E-state index < -0.39 is 21.5 Å². The van der Waals surface area contributed by atoms with E-state index in [4.69, 9.17) is 4.74 Å². The molecule has 1 aliphatic heterocycles. The standard InChI is InChI=1S/C8H8NO4S/c1-13-6-2-3-7-8(4-6)14(12)5-9(7,10)11/h2-4H,5H2,1H3/q-1. The Hall–Kier alpha value is -0.950. The molecule has 0 aromatic heterocycles. The number of hydrogen-bond acceptors (Lipinski definition) is 4. The maximum Gasteiger partial charge on any atom is 0.163 e. The Labute approximate surface area is 83.1 Å². The van der Waals surface area contributed by atoms with E-state index in [1.165, 1.54) is 25.3 Å². The number of hydroxylamine groups is 2. The first-order valence-corrected chi connectivity index (χ1v) is 5.23. The molecule has 0 fully saturated rings. The molecule has 1 aliphatic rings. The summed E-state index contributed by atoms with van der Waals surface area (Å²) in [4.78, 5) is -1.53. The van der Waals surface area contributed by atoms with Crippen molar-refractivity contribution in [1.82, 2.24) is 4.81 Å². The quantitative estimate of drug-likeness (QED) is 0.518. The summed E-state index contributed by atoms with van der Waals surface area (Å²) in [5.74, 6) is 0.0432. The number of fused-ring (bicyclic) bond motifs is 1. The molecule has 0 radical (unpaired) electrons. The predicted octanol–water partition coefficient (Wildman–Crippen LogP) is 1.08. The average molecular weight is 214 g/mol. The second-order valence-corrected chi connectivity index (χ2v) is 4.37. The van der Waals surface area contributed by atoms with Crippen LogP contribution in [0.15, 0.2) is 23.1 Å². The summed E-state index contributed by atoms with van der Waals surface area (Å²) in [6, 6.07) is 4.37. The van der Waals surface area contributed by atoms with E-state index >= 15 is 0 Å². The first-order valence-electron chi connectivity index (χ1n) is 3.91. The van der Waals surface area contributed by atoms with Crippen LogP contribution >= 0.6 is 0 Å². The summed E-state index contributed by atoms with van der Waals surface area (Å²) in [5.41, 5.74) is 0.0177. The van der Waals surface area contributed by atoms with Gasteiger partial charge in [-0.1, -0.05) is 0 Å². The van der Waals surface area contributed by atoms with Gasteiger partial charge in [0.05, 0.1) is 7.11 Å². The number of benzene rings is 1. The summed E-state index contributed by atoms with van der Waals surface area (Å²) in [5, 5.41) is 22.6. The molecule has 76 valence electrons. The minimum atomic E-state index is -1.81. The van der Waals surface area contributed by atoms with Crippen LogP contribution in [0.3, 0.4) is 0 Å². The molecule has 1 aromatic carbocycles. The Morgan fingerprint density at radius 3 is 2.86 bits per heavy atom. The summed E-state index contributed by atoms with van der Waals surface area (Å²) in [7, 11) is -0.0435. The molecule has 0 saturated carbocycles. The number of quaternary nitrogens is 1. The monoisotopic (exact) mass is 214 g/mol. The Balaban J connectivity index is 2.58. The summed E-state index contributed by atoms with van der Waals surface area (Å²) in [6.07, 6.45) is 0. The van der Waals surface area contributed by atoms with Gasteiger partial charge in [0, 0.05) is 12.1 Å². The van der Waals surface area contributed by atoms with E-state index in [1.807, 2.05) is 0 Å². The lowest BCUT2D eigenvalue weighted by molar-refractivity contribution is 0.413. The third-order valence-corrected chi connectivity index (χ3v) is 3.46. The third-order valence-electron chi connectivity index (χ3n) is 2.07. The second kappa shape index (κ2) is 3.03. The molecule has 0 N–H and O–H groups in total. The van der Waals surface area contributed by atoms with Crippen LogP contribution < -0.4 is 9.55 Å². The molecule has 1 aromatic rings. The van der Waals surface area contributed by atoms with Crippen molar-refractivity contribution in [3.05, 3.63) is 28.6 Å². The van der Waals surface area contributed by atoms with E-state index in [0.29, 0.717) is 5.75 Å². The summed E-state index contributed by atoms with van der Waals surface area (Å²) < 4.78 is 16.3. The molecule has 0 amide bonds. The molecule has 6 heteroatoms. The lowest BCUT2D eigenvalue weighted by Crippen LogP contribution is -2.33. The van der Waals surface area contributed by atoms with Crippen LogP contribution in [-0.4, -0.2) is 17.2 Å². The molecule has 14 heavy (non-hydrogen) atoms. The topological polar surface area (TPSA) is 72.4 Å². The maximum atomic E-state index is 11.4. The molecule has 1 unspecified atom stereocenters. The average Bonchev–Trinajstić information content (AvgIpc) is 2.37. The van der Waals surface area contributed by atoms with Gasteiger partial charge in [0.1, 0.15) is 27.1 Å². The first kappa shape index (κ1) is 9.60. The van der Waals surface area contributed by atoms with Crippen LogP contribution in [0.1, 0.15) is 0 Å². The first-order chi connectivity index (χ1) is 6.54. The van der Waals surface area contributed by atoms with Crippen molar-refractivity contribution < 1.29 is 8.95 Å². The fraction of sp³-hybridized carbons (Fsp3) is 0.250. The van der Waals surface area contributed by atoms with Crippen LogP contribution in [0.25, 0.3) is 0 Å². The lowest BCUT2D eigenvalue weighted by atomic mass is 10.3. The van der Waals surface area contributed by atoms with Gasteiger partial charge in [0.2, 0.25) is 0 Å². The zero-order valence-corrected chi connectivity index (χ0v) is 8.24. The number of ether oxygens (including phenoxy) is 1. The molecule has 0 aliphatic carbocycles. The fourth-order valence-electron chi connectivity index (χ4n) is 1.38.